The SMILES string of the molecule is O=C(N[C@H]1CCC[C@@H](Nc2nc(-c3c[nH]c4c(F)cc(F)cc34)c(-c3ncn[nH]3)cc2F)C1)N1CCCC1. The Hall–Kier alpha value is -4.09. The summed E-state index contributed by atoms with van der Waals surface area (Å²) in [5.74, 6) is -1.78. The Labute approximate surface area is 216 Å². The van der Waals surface area contributed by atoms with Gasteiger partial charge in [-0.1, -0.05) is 0 Å². The van der Waals surface area contributed by atoms with Crippen molar-refractivity contribution in [3.05, 3.63) is 48.2 Å². The van der Waals surface area contributed by atoms with E-state index in [9.17, 15) is 13.6 Å². The number of rotatable bonds is 5. The molecule has 2 aliphatic rings. The lowest BCUT2D eigenvalue weighted by Crippen LogP contribution is -2.47. The molecule has 4 aromatic rings. The Kier molecular flexibility index (Phi) is 6.38. The Morgan fingerprint density at radius 3 is 2.61 bits per heavy atom. The first-order valence-corrected chi connectivity index (χ1v) is 12.8. The maximum absolute atomic E-state index is 15.4. The number of carbonyl (C=O) groups is 1. The molecule has 1 aromatic carbocycles. The summed E-state index contributed by atoms with van der Waals surface area (Å²) in [6, 6.07) is 3.11. The van der Waals surface area contributed by atoms with Crippen molar-refractivity contribution >= 4 is 22.8 Å². The van der Waals surface area contributed by atoms with Gasteiger partial charge in [0.25, 0.3) is 0 Å². The van der Waals surface area contributed by atoms with Crippen LogP contribution in [0.5, 0.6) is 0 Å². The van der Waals surface area contributed by atoms with Gasteiger partial charge in [-0.2, -0.15) is 5.10 Å². The third-order valence-corrected chi connectivity index (χ3v) is 7.34. The number of fused-ring (bicyclic) bond motifs is 1. The highest BCUT2D eigenvalue weighted by atomic mass is 19.1. The molecule has 4 heterocycles. The smallest absolute Gasteiger partial charge is 0.317 e. The lowest BCUT2D eigenvalue weighted by Gasteiger charge is -2.32. The Morgan fingerprint density at radius 1 is 1.00 bits per heavy atom. The van der Waals surface area contributed by atoms with E-state index < -0.39 is 17.5 Å². The fourth-order valence-corrected chi connectivity index (χ4v) is 5.49. The number of nitrogens with zero attached hydrogens (tertiary/aromatic N) is 4. The number of nitrogens with one attached hydrogen (secondary N) is 4. The summed E-state index contributed by atoms with van der Waals surface area (Å²) in [5.41, 5.74) is 1.11. The van der Waals surface area contributed by atoms with E-state index in [2.05, 4.69) is 35.8 Å². The molecule has 0 bridgehead atoms. The van der Waals surface area contributed by atoms with Gasteiger partial charge in [-0.3, -0.25) is 5.10 Å². The molecular formula is C26H27F3N8O. The number of benzene rings is 1. The molecule has 1 saturated carbocycles. The Morgan fingerprint density at radius 2 is 1.82 bits per heavy atom. The monoisotopic (exact) mass is 524 g/mol. The second kappa shape index (κ2) is 9.99. The third-order valence-electron chi connectivity index (χ3n) is 7.34. The molecule has 4 N–H and O–H groups in total. The number of aromatic nitrogens is 5. The fraction of sp³-hybridized carbons (Fsp3) is 0.385. The van der Waals surface area contributed by atoms with Crippen LogP contribution in [0.3, 0.4) is 0 Å². The molecule has 2 atom stereocenters. The maximum atomic E-state index is 15.4. The van der Waals surface area contributed by atoms with Crippen LogP contribution in [0.2, 0.25) is 0 Å². The first-order valence-electron chi connectivity index (χ1n) is 12.8. The molecule has 38 heavy (non-hydrogen) atoms. The van der Waals surface area contributed by atoms with Crippen LogP contribution in [-0.4, -0.2) is 61.3 Å². The zero-order valence-electron chi connectivity index (χ0n) is 20.5. The Balaban J connectivity index is 1.31. The minimum absolute atomic E-state index is 0.0195. The van der Waals surface area contributed by atoms with Crippen molar-refractivity contribution in [3.63, 3.8) is 0 Å². The summed E-state index contributed by atoms with van der Waals surface area (Å²) in [6.45, 7) is 1.55. The number of H-pyrrole nitrogens is 2. The molecule has 2 amide bonds. The first kappa shape index (κ1) is 24.3. The summed E-state index contributed by atoms with van der Waals surface area (Å²) < 4.78 is 43.9. The maximum Gasteiger partial charge on any atom is 0.317 e. The van der Waals surface area contributed by atoms with Crippen molar-refractivity contribution < 1.29 is 18.0 Å². The molecule has 12 heteroatoms. The predicted octanol–water partition coefficient (Wildman–Crippen LogP) is 4.96. The number of aromatic amines is 2. The number of urea groups is 1. The number of halogens is 3. The zero-order chi connectivity index (χ0) is 26.2. The number of hydrogen-bond acceptors (Lipinski definition) is 5. The highest BCUT2D eigenvalue weighted by Crippen LogP contribution is 2.37. The van der Waals surface area contributed by atoms with Crippen LogP contribution in [0.4, 0.5) is 23.8 Å². The van der Waals surface area contributed by atoms with Gasteiger partial charge in [-0.05, 0) is 50.7 Å². The standard InChI is InChI=1S/C26H27F3N8O/c27-14-8-17-19(12-30-23(17)20(28)9-14)22-18(24-31-13-32-36-24)11-21(29)25(35-22)33-15-4-3-5-16(10-15)34-26(38)37-6-1-2-7-37/h8-9,11-13,15-16,30H,1-7,10H2,(H,33,35)(H,34,38)(H,31,32,36)/t15-,16+/m1/s1. The molecule has 2 fully saturated rings. The molecule has 9 nitrogen and oxygen atoms in total. The Bertz CT molecular complexity index is 1470. The molecule has 6 rings (SSSR count). The zero-order valence-corrected chi connectivity index (χ0v) is 20.5. The summed E-state index contributed by atoms with van der Waals surface area (Å²) in [6.07, 6.45) is 8.00. The number of likely N-dealkylation sites (tertiary alicyclic amines) is 1. The van der Waals surface area contributed by atoms with E-state index >= 15 is 4.39 Å². The van der Waals surface area contributed by atoms with Gasteiger partial charge >= 0.3 is 6.03 Å². The third kappa shape index (κ3) is 4.66. The van der Waals surface area contributed by atoms with E-state index in [0.29, 0.717) is 17.5 Å². The second-order valence-electron chi connectivity index (χ2n) is 9.91. The average Bonchev–Trinajstić information content (AvgIpc) is 3.67. The summed E-state index contributed by atoms with van der Waals surface area (Å²) in [4.78, 5) is 26.0. The van der Waals surface area contributed by atoms with E-state index in [1.54, 1.807) is 0 Å². The largest absolute Gasteiger partial charge is 0.365 e. The van der Waals surface area contributed by atoms with Crippen LogP contribution in [0.25, 0.3) is 33.5 Å². The van der Waals surface area contributed by atoms with Crippen molar-refractivity contribution in [3.8, 4) is 22.6 Å². The number of carbonyl (C=O) groups excluding carboxylic acids is 1. The van der Waals surface area contributed by atoms with Crippen LogP contribution < -0.4 is 10.6 Å². The van der Waals surface area contributed by atoms with E-state index in [1.165, 1.54) is 24.7 Å². The van der Waals surface area contributed by atoms with E-state index in [0.717, 1.165) is 51.3 Å². The lowest BCUT2D eigenvalue weighted by atomic mass is 9.91. The molecule has 1 aliphatic carbocycles. The quantitative estimate of drug-likeness (QED) is 0.295. The highest BCUT2D eigenvalue weighted by Gasteiger charge is 2.28. The van der Waals surface area contributed by atoms with Gasteiger partial charge in [0.15, 0.2) is 17.5 Å². The van der Waals surface area contributed by atoms with Crippen LogP contribution in [-0.2, 0) is 0 Å². The fourth-order valence-electron chi connectivity index (χ4n) is 5.49. The number of hydrogen-bond donors (Lipinski definition) is 4. The van der Waals surface area contributed by atoms with E-state index in [-0.39, 0.29) is 46.4 Å². The van der Waals surface area contributed by atoms with Crippen LogP contribution in [0.15, 0.2) is 30.7 Å². The number of anilines is 1. The summed E-state index contributed by atoms with van der Waals surface area (Å²) in [7, 11) is 0. The van der Waals surface area contributed by atoms with Gasteiger partial charge in [0.05, 0.1) is 11.2 Å². The minimum atomic E-state index is -0.739. The normalized spacial score (nSPS) is 19.7. The number of pyridine rings is 1. The lowest BCUT2D eigenvalue weighted by molar-refractivity contribution is 0.199. The molecule has 0 unspecified atom stereocenters. The summed E-state index contributed by atoms with van der Waals surface area (Å²) in [5, 5.41) is 13.2. The van der Waals surface area contributed by atoms with Crippen molar-refractivity contribution in [2.24, 2.45) is 0 Å². The highest BCUT2D eigenvalue weighted by molar-refractivity contribution is 5.98. The minimum Gasteiger partial charge on any atom is -0.365 e. The van der Waals surface area contributed by atoms with Gasteiger partial charge in [-0.15, -0.1) is 0 Å². The van der Waals surface area contributed by atoms with Crippen molar-refractivity contribution in [2.75, 3.05) is 18.4 Å². The van der Waals surface area contributed by atoms with Crippen LogP contribution in [0.1, 0.15) is 38.5 Å². The van der Waals surface area contributed by atoms with Crippen molar-refractivity contribution in [1.29, 1.82) is 0 Å². The van der Waals surface area contributed by atoms with Crippen molar-refractivity contribution in [2.45, 2.75) is 50.6 Å². The van der Waals surface area contributed by atoms with Crippen LogP contribution >= 0.6 is 0 Å². The molecule has 3 aromatic heterocycles. The van der Waals surface area contributed by atoms with E-state index in [1.807, 2.05) is 4.90 Å². The molecule has 198 valence electrons. The van der Waals surface area contributed by atoms with Gasteiger partial charge in [-0.25, -0.2) is 27.9 Å². The van der Waals surface area contributed by atoms with Gasteiger partial charge in [0, 0.05) is 53.9 Å². The van der Waals surface area contributed by atoms with Gasteiger partial charge in [0.1, 0.15) is 18.0 Å². The average molecular weight is 525 g/mol. The molecule has 1 aliphatic heterocycles. The molecule has 0 radical (unpaired) electrons. The van der Waals surface area contributed by atoms with Gasteiger partial charge in [0.2, 0.25) is 0 Å². The molecule has 1 saturated heterocycles. The van der Waals surface area contributed by atoms with E-state index in [4.69, 9.17) is 0 Å². The summed E-state index contributed by atoms with van der Waals surface area (Å²) >= 11 is 0. The predicted molar refractivity (Wildman–Crippen MR) is 136 cm³/mol. The topological polar surface area (TPSA) is 115 Å². The van der Waals surface area contributed by atoms with Crippen molar-refractivity contribution in [1.82, 2.24) is 35.4 Å². The first-order chi connectivity index (χ1) is 18.5. The van der Waals surface area contributed by atoms with Crippen LogP contribution in [0, 0.1) is 17.5 Å². The molecule has 0 spiro atoms. The van der Waals surface area contributed by atoms with Gasteiger partial charge < -0.3 is 20.5 Å². The number of amides is 2. The molecular weight excluding hydrogens is 497 g/mol. The second-order valence-corrected chi connectivity index (χ2v) is 9.91.